The van der Waals surface area contributed by atoms with Crippen molar-refractivity contribution in [3.05, 3.63) is 30.3 Å². The molecule has 0 fully saturated rings. The molecule has 4 nitrogen and oxygen atoms in total. The molecule has 5 heteroatoms. The van der Waals surface area contributed by atoms with E-state index in [2.05, 4.69) is 10.6 Å². The number of aliphatic hydroxyl groups excluding tert-OH is 1. The Morgan fingerprint density at radius 2 is 1.95 bits per heavy atom. The first-order valence-electron chi connectivity index (χ1n) is 6.81. The fraction of sp³-hybridized carbons (Fsp3) is 0.533. The molecule has 1 aromatic carbocycles. The molecule has 0 saturated carbocycles. The number of rotatable bonds is 8. The first-order chi connectivity index (χ1) is 9.56. The van der Waals surface area contributed by atoms with Gasteiger partial charge in [-0.05, 0) is 32.2 Å². The Labute approximate surface area is 125 Å². The summed E-state index contributed by atoms with van der Waals surface area (Å²) in [5.41, 5.74) is 0.815. The molecule has 0 saturated heterocycles. The standard InChI is InChI=1S/C15H24N2O2S/c1-11(16-12(2)14(10-18)20-3)9-15(19)17-13-7-5-4-6-8-13/h4-8,11-12,14,16,18H,9-10H2,1-3H3,(H,17,19). The first-order valence-corrected chi connectivity index (χ1v) is 8.10. The maximum absolute atomic E-state index is 11.9. The average molecular weight is 296 g/mol. The predicted octanol–water partition coefficient (Wildman–Crippen LogP) is 2.11. The smallest absolute Gasteiger partial charge is 0.225 e. The Kier molecular flexibility index (Phi) is 7.65. The maximum atomic E-state index is 11.9. The second-order valence-electron chi connectivity index (χ2n) is 4.93. The van der Waals surface area contributed by atoms with Crippen LogP contribution < -0.4 is 10.6 Å². The van der Waals surface area contributed by atoms with Crippen LogP contribution in [0.15, 0.2) is 30.3 Å². The van der Waals surface area contributed by atoms with Gasteiger partial charge in [0, 0.05) is 29.4 Å². The molecule has 1 amide bonds. The van der Waals surface area contributed by atoms with Crippen LogP contribution in [0.1, 0.15) is 20.3 Å². The zero-order valence-corrected chi connectivity index (χ0v) is 13.1. The summed E-state index contributed by atoms with van der Waals surface area (Å²) in [5, 5.41) is 15.6. The van der Waals surface area contributed by atoms with E-state index in [1.807, 2.05) is 50.4 Å². The number of hydrogen-bond acceptors (Lipinski definition) is 4. The van der Waals surface area contributed by atoms with Crippen molar-refractivity contribution in [1.29, 1.82) is 0 Å². The summed E-state index contributed by atoms with van der Waals surface area (Å²) in [6.45, 7) is 4.15. The van der Waals surface area contributed by atoms with Crippen LogP contribution >= 0.6 is 11.8 Å². The van der Waals surface area contributed by atoms with Crippen molar-refractivity contribution >= 4 is 23.4 Å². The highest BCUT2D eigenvalue weighted by Crippen LogP contribution is 2.12. The molecule has 1 aromatic rings. The third-order valence-corrected chi connectivity index (χ3v) is 4.30. The van der Waals surface area contributed by atoms with Crippen LogP contribution in [0.3, 0.4) is 0 Å². The molecule has 3 atom stereocenters. The van der Waals surface area contributed by atoms with Crippen molar-refractivity contribution in [3.63, 3.8) is 0 Å². The SMILES string of the molecule is CSC(CO)C(C)NC(C)CC(=O)Nc1ccccc1. The Balaban J connectivity index is 2.38. The fourth-order valence-corrected chi connectivity index (χ4v) is 2.70. The molecule has 0 aliphatic rings. The van der Waals surface area contributed by atoms with Crippen LogP contribution in [-0.4, -0.2) is 41.2 Å². The van der Waals surface area contributed by atoms with Gasteiger partial charge in [-0.15, -0.1) is 0 Å². The highest BCUT2D eigenvalue weighted by molar-refractivity contribution is 7.99. The van der Waals surface area contributed by atoms with E-state index in [4.69, 9.17) is 0 Å². The summed E-state index contributed by atoms with van der Waals surface area (Å²) in [6, 6.07) is 9.67. The predicted molar refractivity (Wildman–Crippen MR) is 86.1 cm³/mol. The summed E-state index contributed by atoms with van der Waals surface area (Å²) in [6.07, 6.45) is 2.39. The molecular formula is C15H24N2O2S. The number of para-hydroxylation sites is 1. The average Bonchev–Trinajstić information content (AvgIpc) is 2.40. The zero-order valence-electron chi connectivity index (χ0n) is 12.3. The molecule has 3 unspecified atom stereocenters. The van der Waals surface area contributed by atoms with Gasteiger partial charge in [0.1, 0.15) is 0 Å². The van der Waals surface area contributed by atoms with Gasteiger partial charge < -0.3 is 15.7 Å². The molecule has 3 N–H and O–H groups in total. The topological polar surface area (TPSA) is 61.4 Å². The normalized spacial score (nSPS) is 15.4. The molecule has 0 aliphatic carbocycles. The van der Waals surface area contributed by atoms with Crippen molar-refractivity contribution in [3.8, 4) is 0 Å². The first kappa shape index (κ1) is 17.0. The monoisotopic (exact) mass is 296 g/mol. The summed E-state index contributed by atoms with van der Waals surface area (Å²) < 4.78 is 0. The summed E-state index contributed by atoms with van der Waals surface area (Å²) in [5.74, 6) is -0.00639. The molecule has 0 radical (unpaired) electrons. The largest absolute Gasteiger partial charge is 0.395 e. The van der Waals surface area contributed by atoms with Crippen molar-refractivity contribution < 1.29 is 9.90 Å². The number of carbonyl (C=O) groups excluding carboxylic acids is 1. The number of amides is 1. The van der Waals surface area contributed by atoms with Gasteiger partial charge in [0.15, 0.2) is 0 Å². The van der Waals surface area contributed by atoms with E-state index in [1.165, 1.54) is 0 Å². The third-order valence-electron chi connectivity index (χ3n) is 3.14. The lowest BCUT2D eigenvalue weighted by molar-refractivity contribution is -0.116. The van der Waals surface area contributed by atoms with Gasteiger partial charge in [0.05, 0.1) is 6.61 Å². The fourth-order valence-electron chi connectivity index (χ4n) is 2.06. The van der Waals surface area contributed by atoms with Gasteiger partial charge in [-0.1, -0.05) is 18.2 Å². The van der Waals surface area contributed by atoms with E-state index in [-0.39, 0.29) is 29.8 Å². The molecule has 20 heavy (non-hydrogen) atoms. The molecule has 112 valence electrons. The van der Waals surface area contributed by atoms with E-state index in [0.29, 0.717) is 6.42 Å². The second kappa shape index (κ2) is 9.00. The van der Waals surface area contributed by atoms with E-state index >= 15 is 0 Å². The Morgan fingerprint density at radius 3 is 2.50 bits per heavy atom. The minimum Gasteiger partial charge on any atom is -0.395 e. The molecule has 0 aliphatic heterocycles. The molecule has 0 bridgehead atoms. The highest BCUT2D eigenvalue weighted by atomic mass is 32.2. The quantitative estimate of drug-likeness (QED) is 0.687. The van der Waals surface area contributed by atoms with Crippen LogP contribution in [0.5, 0.6) is 0 Å². The minimum absolute atomic E-state index is 0.00639. The van der Waals surface area contributed by atoms with Gasteiger partial charge >= 0.3 is 0 Å². The minimum atomic E-state index is -0.00639. The molecule has 0 heterocycles. The van der Waals surface area contributed by atoms with Crippen LogP contribution in [0, 0.1) is 0 Å². The van der Waals surface area contributed by atoms with E-state index in [9.17, 15) is 9.90 Å². The van der Waals surface area contributed by atoms with E-state index in [1.54, 1.807) is 11.8 Å². The highest BCUT2D eigenvalue weighted by Gasteiger charge is 2.18. The lowest BCUT2D eigenvalue weighted by Gasteiger charge is -2.25. The van der Waals surface area contributed by atoms with Crippen LogP contribution in [0.25, 0.3) is 0 Å². The van der Waals surface area contributed by atoms with E-state index < -0.39 is 0 Å². The number of benzene rings is 1. The lowest BCUT2D eigenvalue weighted by Crippen LogP contribution is -2.43. The number of carbonyl (C=O) groups is 1. The maximum Gasteiger partial charge on any atom is 0.225 e. The number of hydrogen-bond donors (Lipinski definition) is 3. The van der Waals surface area contributed by atoms with Crippen molar-refractivity contribution in [2.24, 2.45) is 0 Å². The van der Waals surface area contributed by atoms with Gasteiger partial charge in [-0.25, -0.2) is 0 Å². The van der Waals surface area contributed by atoms with Gasteiger partial charge in [0.25, 0.3) is 0 Å². The Bertz CT molecular complexity index is 396. The molecule has 1 rings (SSSR count). The third kappa shape index (κ3) is 5.94. The van der Waals surface area contributed by atoms with Crippen molar-refractivity contribution in [2.45, 2.75) is 37.6 Å². The summed E-state index contributed by atoms with van der Waals surface area (Å²) in [7, 11) is 0. The summed E-state index contributed by atoms with van der Waals surface area (Å²) >= 11 is 1.63. The van der Waals surface area contributed by atoms with Gasteiger partial charge in [-0.3, -0.25) is 4.79 Å². The van der Waals surface area contributed by atoms with Crippen LogP contribution in [-0.2, 0) is 4.79 Å². The van der Waals surface area contributed by atoms with Crippen molar-refractivity contribution in [1.82, 2.24) is 5.32 Å². The number of anilines is 1. The number of aliphatic hydroxyl groups is 1. The van der Waals surface area contributed by atoms with Gasteiger partial charge in [-0.2, -0.15) is 11.8 Å². The van der Waals surface area contributed by atoms with Crippen LogP contribution in [0.4, 0.5) is 5.69 Å². The number of thioether (sulfide) groups is 1. The lowest BCUT2D eigenvalue weighted by atomic mass is 10.1. The molecule has 0 aromatic heterocycles. The molecular weight excluding hydrogens is 272 g/mol. The Hall–Kier alpha value is -1.04. The Morgan fingerprint density at radius 1 is 1.30 bits per heavy atom. The zero-order chi connectivity index (χ0) is 15.0. The number of nitrogens with one attached hydrogen (secondary N) is 2. The van der Waals surface area contributed by atoms with Crippen molar-refractivity contribution in [2.75, 3.05) is 18.2 Å². The van der Waals surface area contributed by atoms with Crippen LogP contribution in [0.2, 0.25) is 0 Å². The second-order valence-corrected chi connectivity index (χ2v) is 6.01. The molecule has 0 spiro atoms. The summed E-state index contributed by atoms with van der Waals surface area (Å²) in [4.78, 5) is 11.9. The van der Waals surface area contributed by atoms with Gasteiger partial charge in [0.2, 0.25) is 5.91 Å². The van der Waals surface area contributed by atoms with E-state index in [0.717, 1.165) is 5.69 Å².